The molecule has 0 spiro atoms. The van der Waals surface area contributed by atoms with Gasteiger partial charge >= 0.3 is 0 Å². The number of hydrogen-bond acceptors (Lipinski definition) is 4. The van der Waals surface area contributed by atoms with E-state index in [-0.39, 0.29) is 19.1 Å². The Balaban J connectivity index is 1.91. The second kappa shape index (κ2) is 4.97. The first-order valence-electron chi connectivity index (χ1n) is 5.93. The summed E-state index contributed by atoms with van der Waals surface area (Å²) in [7, 11) is 0. The molecule has 1 aliphatic heterocycles. The number of ether oxygens (including phenoxy) is 3. The molecule has 0 bridgehead atoms. The third-order valence-electron chi connectivity index (χ3n) is 2.86. The molecule has 4 nitrogen and oxygen atoms in total. The van der Waals surface area contributed by atoms with E-state index in [1.807, 2.05) is 0 Å². The Bertz CT molecular complexity index is 638. The van der Waals surface area contributed by atoms with Crippen LogP contribution >= 0.6 is 0 Å². The van der Waals surface area contributed by atoms with Crippen LogP contribution in [0.5, 0.6) is 23.0 Å². The van der Waals surface area contributed by atoms with Gasteiger partial charge in [0.1, 0.15) is 5.75 Å². The molecule has 6 heteroatoms. The summed E-state index contributed by atoms with van der Waals surface area (Å²) in [5, 5.41) is 0. The smallest absolute Gasteiger partial charge is 0.231 e. The van der Waals surface area contributed by atoms with Gasteiger partial charge in [0.25, 0.3) is 0 Å². The van der Waals surface area contributed by atoms with Gasteiger partial charge in [0.15, 0.2) is 28.9 Å². The molecular formula is C14H11F2NO3. The second-order valence-electron chi connectivity index (χ2n) is 4.21. The van der Waals surface area contributed by atoms with Gasteiger partial charge in [0.05, 0.1) is 0 Å². The Hall–Kier alpha value is -2.34. The fourth-order valence-electron chi connectivity index (χ4n) is 1.89. The van der Waals surface area contributed by atoms with Crippen molar-refractivity contribution in [3.05, 3.63) is 47.5 Å². The Morgan fingerprint density at radius 2 is 1.75 bits per heavy atom. The van der Waals surface area contributed by atoms with Crippen LogP contribution in [0.2, 0.25) is 0 Å². The van der Waals surface area contributed by atoms with Crippen molar-refractivity contribution in [3.63, 3.8) is 0 Å². The zero-order chi connectivity index (χ0) is 14.1. The molecule has 1 heterocycles. The van der Waals surface area contributed by atoms with Gasteiger partial charge in [-0.25, -0.2) is 8.78 Å². The standard InChI is InChI=1S/C14H11F2NO3/c15-10-3-8(6-17)4-11(16)14(10)20-9-1-2-12-13(5-9)19-7-18-12/h1-5H,6-7,17H2. The van der Waals surface area contributed by atoms with E-state index in [9.17, 15) is 8.78 Å². The lowest BCUT2D eigenvalue weighted by Gasteiger charge is -2.09. The van der Waals surface area contributed by atoms with Gasteiger partial charge in [0, 0.05) is 12.6 Å². The number of fused-ring (bicyclic) bond motifs is 1. The maximum Gasteiger partial charge on any atom is 0.231 e. The topological polar surface area (TPSA) is 53.7 Å². The average Bonchev–Trinajstić information content (AvgIpc) is 2.90. The van der Waals surface area contributed by atoms with Crippen LogP contribution in [0.3, 0.4) is 0 Å². The largest absolute Gasteiger partial charge is 0.454 e. The minimum Gasteiger partial charge on any atom is -0.454 e. The van der Waals surface area contributed by atoms with Gasteiger partial charge in [-0.1, -0.05) is 0 Å². The third kappa shape index (κ3) is 2.25. The number of hydrogen-bond donors (Lipinski definition) is 1. The third-order valence-corrected chi connectivity index (χ3v) is 2.86. The Morgan fingerprint density at radius 1 is 1.05 bits per heavy atom. The molecule has 2 aromatic carbocycles. The van der Waals surface area contributed by atoms with Crippen molar-refractivity contribution in [2.24, 2.45) is 5.73 Å². The van der Waals surface area contributed by atoms with Crippen LogP contribution in [-0.4, -0.2) is 6.79 Å². The van der Waals surface area contributed by atoms with E-state index in [0.717, 1.165) is 12.1 Å². The van der Waals surface area contributed by atoms with Crippen LogP contribution in [-0.2, 0) is 6.54 Å². The second-order valence-corrected chi connectivity index (χ2v) is 4.21. The van der Waals surface area contributed by atoms with Crippen LogP contribution in [0.15, 0.2) is 30.3 Å². The molecule has 104 valence electrons. The van der Waals surface area contributed by atoms with Gasteiger partial charge in [-0.3, -0.25) is 0 Å². The predicted molar refractivity (Wildman–Crippen MR) is 66.9 cm³/mol. The minimum absolute atomic E-state index is 0.0537. The quantitative estimate of drug-likeness (QED) is 0.938. The summed E-state index contributed by atoms with van der Waals surface area (Å²) in [6, 6.07) is 6.96. The lowest BCUT2D eigenvalue weighted by molar-refractivity contribution is 0.174. The van der Waals surface area contributed by atoms with Crippen LogP contribution in [0, 0.1) is 11.6 Å². The molecule has 0 saturated carbocycles. The van der Waals surface area contributed by atoms with Crippen molar-refractivity contribution >= 4 is 0 Å². The summed E-state index contributed by atoms with van der Waals surface area (Å²) < 4.78 is 43.1. The van der Waals surface area contributed by atoms with Crippen LogP contribution in [0.4, 0.5) is 8.78 Å². The van der Waals surface area contributed by atoms with Gasteiger partial charge in [-0.05, 0) is 29.8 Å². The van der Waals surface area contributed by atoms with E-state index in [2.05, 4.69) is 0 Å². The Labute approximate surface area is 113 Å². The van der Waals surface area contributed by atoms with Crippen LogP contribution in [0.25, 0.3) is 0 Å². The summed E-state index contributed by atoms with van der Waals surface area (Å²) in [5.74, 6) is -0.779. The van der Waals surface area contributed by atoms with E-state index >= 15 is 0 Å². The first-order chi connectivity index (χ1) is 9.67. The van der Waals surface area contributed by atoms with E-state index in [1.54, 1.807) is 12.1 Å². The van der Waals surface area contributed by atoms with Gasteiger partial charge in [-0.15, -0.1) is 0 Å². The van der Waals surface area contributed by atoms with Crippen molar-refractivity contribution < 1.29 is 23.0 Å². The molecule has 0 aliphatic carbocycles. The molecule has 2 aromatic rings. The van der Waals surface area contributed by atoms with Gasteiger partial charge in [-0.2, -0.15) is 0 Å². The van der Waals surface area contributed by atoms with E-state index in [0.29, 0.717) is 17.1 Å². The van der Waals surface area contributed by atoms with Crippen LogP contribution < -0.4 is 19.9 Å². The summed E-state index contributed by atoms with van der Waals surface area (Å²) >= 11 is 0. The Kier molecular flexibility index (Phi) is 3.15. The number of halogens is 2. The number of rotatable bonds is 3. The summed E-state index contributed by atoms with van der Waals surface area (Å²) in [4.78, 5) is 0. The molecular weight excluding hydrogens is 268 g/mol. The molecule has 0 fully saturated rings. The predicted octanol–water partition coefficient (Wildman–Crippen LogP) is 2.94. The highest BCUT2D eigenvalue weighted by atomic mass is 19.1. The van der Waals surface area contributed by atoms with Crippen molar-refractivity contribution in [2.45, 2.75) is 6.54 Å². The number of nitrogens with two attached hydrogens (primary N) is 1. The summed E-state index contributed by atoms with van der Waals surface area (Å²) in [6.07, 6.45) is 0. The normalized spacial score (nSPS) is 12.6. The molecule has 0 unspecified atom stereocenters. The SMILES string of the molecule is NCc1cc(F)c(Oc2ccc3c(c2)OCO3)c(F)c1. The van der Waals surface area contributed by atoms with Crippen molar-refractivity contribution in [1.82, 2.24) is 0 Å². The molecule has 0 radical (unpaired) electrons. The maximum atomic E-state index is 13.8. The zero-order valence-corrected chi connectivity index (χ0v) is 10.4. The fourth-order valence-corrected chi connectivity index (χ4v) is 1.89. The van der Waals surface area contributed by atoms with Crippen molar-refractivity contribution in [2.75, 3.05) is 6.79 Å². The summed E-state index contributed by atoms with van der Waals surface area (Å²) in [6.45, 7) is 0.171. The molecule has 0 amide bonds. The van der Waals surface area contributed by atoms with Gasteiger partial charge < -0.3 is 19.9 Å². The average molecular weight is 279 g/mol. The van der Waals surface area contributed by atoms with E-state index in [4.69, 9.17) is 19.9 Å². The van der Waals surface area contributed by atoms with E-state index in [1.165, 1.54) is 6.07 Å². The monoisotopic (exact) mass is 279 g/mol. The molecule has 0 atom stereocenters. The van der Waals surface area contributed by atoms with E-state index < -0.39 is 17.4 Å². The first kappa shape index (κ1) is 12.7. The van der Waals surface area contributed by atoms with Crippen molar-refractivity contribution in [1.29, 1.82) is 0 Å². The van der Waals surface area contributed by atoms with Gasteiger partial charge in [0.2, 0.25) is 6.79 Å². The molecule has 0 saturated heterocycles. The minimum atomic E-state index is -0.803. The molecule has 20 heavy (non-hydrogen) atoms. The fraction of sp³-hybridized carbons (Fsp3) is 0.143. The van der Waals surface area contributed by atoms with Crippen molar-refractivity contribution in [3.8, 4) is 23.0 Å². The maximum absolute atomic E-state index is 13.8. The molecule has 3 rings (SSSR count). The highest BCUT2D eigenvalue weighted by Gasteiger charge is 2.17. The lowest BCUT2D eigenvalue weighted by Crippen LogP contribution is -2.00. The molecule has 0 aromatic heterocycles. The lowest BCUT2D eigenvalue weighted by atomic mass is 10.2. The number of benzene rings is 2. The zero-order valence-electron chi connectivity index (χ0n) is 10.4. The summed E-state index contributed by atoms with van der Waals surface area (Å²) in [5.41, 5.74) is 5.71. The molecule has 2 N–H and O–H groups in total. The van der Waals surface area contributed by atoms with Crippen LogP contribution in [0.1, 0.15) is 5.56 Å². The molecule has 1 aliphatic rings. The first-order valence-corrected chi connectivity index (χ1v) is 5.93. The Morgan fingerprint density at radius 3 is 2.45 bits per heavy atom. The highest BCUT2D eigenvalue weighted by molar-refractivity contribution is 5.48. The highest BCUT2D eigenvalue weighted by Crippen LogP contribution is 2.37.